The molecule has 0 spiro atoms. The van der Waals surface area contributed by atoms with Gasteiger partial charge in [-0.3, -0.25) is 0 Å². The predicted molar refractivity (Wildman–Crippen MR) is 84.3 cm³/mol. The monoisotopic (exact) mass is 356 g/mol. The molecule has 2 rings (SSSR count). The van der Waals surface area contributed by atoms with Crippen LogP contribution in [0.5, 0.6) is 5.75 Å². The normalized spacial score (nSPS) is 12.3. The van der Waals surface area contributed by atoms with Gasteiger partial charge in [-0.15, -0.1) is 11.6 Å². The fourth-order valence-corrected chi connectivity index (χ4v) is 2.92. The zero-order chi connectivity index (χ0) is 14.9. The van der Waals surface area contributed by atoms with Crippen molar-refractivity contribution in [3.8, 4) is 5.75 Å². The van der Waals surface area contributed by atoms with Crippen LogP contribution in [0.25, 0.3) is 0 Å². The largest absolute Gasteiger partial charge is 0.494 e. The number of methoxy groups -OCH3 is 1. The fraction of sp³-hybridized carbons (Fsp3) is 0.250. The first-order valence-corrected chi connectivity index (χ1v) is 7.41. The Bertz CT molecular complexity index is 643. The van der Waals surface area contributed by atoms with Crippen LogP contribution < -0.4 is 4.74 Å². The van der Waals surface area contributed by atoms with Crippen molar-refractivity contribution in [3.05, 3.63) is 62.9 Å². The van der Waals surface area contributed by atoms with Gasteiger partial charge in [-0.05, 0) is 54.3 Å². The standard InChI is InChI=1S/C16H15BrClFO/c1-9-7-13(17)10(2)6-12(9)16(18)11-4-5-15(20-3)14(19)8-11/h4-8,16H,1-3H3. The quantitative estimate of drug-likeness (QED) is 0.655. The number of halogens is 3. The number of hydrogen-bond donors (Lipinski definition) is 0. The van der Waals surface area contributed by atoms with E-state index in [0.717, 1.165) is 26.7 Å². The Morgan fingerprint density at radius 2 is 1.85 bits per heavy atom. The minimum Gasteiger partial charge on any atom is -0.494 e. The van der Waals surface area contributed by atoms with Gasteiger partial charge in [0, 0.05) is 4.47 Å². The summed E-state index contributed by atoms with van der Waals surface area (Å²) in [6.45, 7) is 4.00. The first kappa shape index (κ1) is 15.3. The van der Waals surface area contributed by atoms with Gasteiger partial charge in [-0.2, -0.15) is 0 Å². The lowest BCUT2D eigenvalue weighted by molar-refractivity contribution is 0.386. The summed E-state index contributed by atoms with van der Waals surface area (Å²) in [5.41, 5.74) is 3.87. The van der Waals surface area contributed by atoms with Crippen LogP contribution in [0, 0.1) is 19.7 Å². The van der Waals surface area contributed by atoms with Gasteiger partial charge in [0.1, 0.15) is 0 Å². The van der Waals surface area contributed by atoms with Crippen molar-refractivity contribution >= 4 is 27.5 Å². The highest BCUT2D eigenvalue weighted by molar-refractivity contribution is 9.10. The Morgan fingerprint density at radius 1 is 1.15 bits per heavy atom. The third-order valence-corrected chi connectivity index (χ3v) is 4.63. The van der Waals surface area contributed by atoms with E-state index in [-0.39, 0.29) is 11.1 Å². The Morgan fingerprint density at radius 3 is 2.45 bits per heavy atom. The lowest BCUT2D eigenvalue weighted by Crippen LogP contribution is -1.99. The predicted octanol–water partition coefficient (Wildman–Crippen LogP) is 5.54. The van der Waals surface area contributed by atoms with Gasteiger partial charge in [0.2, 0.25) is 0 Å². The smallest absolute Gasteiger partial charge is 0.165 e. The molecule has 0 fully saturated rings. The van der Waals surface area contributed by atoms with Crippen LogP contribution >= 0.6 is 27.5 Å². The highest BCUT2D eigenvalue weighted by atomic mass is 79.9. The maximum absolute atomic E-state index is 13.8. The average molecular weight is 358 g/mol. The maximum atomic E-state index is 13.8. The van der Waals surface area contributed by atoms with Gasteiger partial charge in [-0.25, -0.2) is 4.39 Å². The Hall–Kier alpha value is -1.06. The molecular formula is C16H15BrClFO. The molecule has 0 heterocycles. The van der Waals surface area contributed by atoms with E-state index in [2.05, 4.69) is 15.9 Å². The molecule has 1 nitrogen and oxygen atoms in total. The SMILES string of the molecule is COc1ccc(C(Cl)c2cc(C)c(Br)cc2C)cc1F. The number of benzene rings is 2. The molecule has 4 heteroatoms. The van der Waals surface area contributed by atoms with Crippen LogP contribution in [-0.4, -0.2) is 7.11 Å². The summed E-state index contributed by atoms with van der Waals surface area (Å²) in [4.78, 5) is 0. The number of aryl methyl sites for hydroxylation is 2. The molecule has 1 atom stereocenters. The van der Waals surface area contributed by atoms with Crippen LogP contribution in [0.4, 0.5) is 4.39 Å². The van der Waals surface area contributed by atoms with Crippen molar-refractivity contribution in [3.63, 3.8) is 0 Å². The Kier molecular flexibility index (Phi) is 4.71. The lowest BCUT2D eigenvalue weighted by atomic mass is 9.98. The Balaban J connectivity index is 2.43. The number of rotatable bonds is 3. The molecule has 0 aromatic heterocycles. The Labute approximate surface area is 131 Å². The number of alkyl halides is 1. The summed E-state index contributed by atoms with van der Waals surface area (Å²) in [7, 11) is 1.44. The zero-order valence-corrected chi connectivity index (χ0v) is 13.8. The molecular weight excluding hydrogens is 343 g/mol. The summed E-state index contributed by atoms with van der Waals surface area (Å²) in [5.74, 6) is -0.177. The summed E-state index contributed by atoms with van der Waals surface area (Å²) in [5, 5.41) is -0.387. The van der Waals surface area contributed by atoms with Crippen molar-refractivity contribution < 1.29 is 9.13 Å². The molecule has 0 bridgehead atoms. The third-order valence-electron chi connectivity index (χ3n) is 3.29. The van der Waals surface area contributed by atoms with Gasteiger partial charge in [0.05, 0.1) is 12.5 Å². The molecule has 1 unspecified atom stereocenters. The number of ether oxygens (including phenoxy) is 1. The van der Waals surface area contributed by atoms with Crippen molar-refractivity contribution in [1.29, 1.82) is 0 Å². The van der Waals surface area contributed by atoms with Crippen LogP contribution in [0.3, 0.4) is 0 Å². The highest BCUT2D eigenvalue weighted by Crippen LogP contribution is 2.35. The van der Waals surface area contributed by atoms with Crippen LogP contribution in [0.2, 0.25) is 0 Å². The van der Waals surface area contributed by atoms with E-state index in [1.807, 2.05) is 26.0 Å². The molecule has 0 aliphatic rings. The molecule has 2 aromatic carbocycles. The van der Waals surface area contributed by atoms with Crippen LogP contribution in [0.1, 0.15) is 27.6 Å². The molecule has 0 aliphatic carbocycles. The van der Waals surface area contributed by atoms with E-state index in [1.165, 1.54) is 13.2 Å². The second-order valence-electron chi connectivity index (χ2n) is 4.71. The minimum atomic E-state index is -0.401. The van der Waals surface area contributed by atoms with Crippen molar-refractivity contribution in [2.75, 3.05) is 7.11 Å². The van der Waals surface area contributed by atoms with Crippen molar-refractivity contribution in [2.24, 2.45) is 0 Å². The molecule has 20 heavy (non-hydrogen) atoms. The van der Waals surface area contributed by atoms with Crippen LogP contribution in [-0.2, 0) is 0 Å². The molecule has 0 N–H and O–H groups in total. The highest BCUT2D eigenvalue weighted by Gasteiger charge is 2.16. The number of hydrogen-bond acceptors (Lipinski definition) is 1. The summed E-state index contributed by atoms with van der Waals surface area (Å²) < 4.78 is 19.7. The van der Waals surface area contributed by atoms with Gasteiger partial charge in [-0.1, -0.05) is 28.1 Å². The second kappa shape index (κ2) is 6.15. The van der Waals surface area contributed by atoms with E-state index in [9.17, 15) is 4.39 Å². The summed E-state index contributed by atoms with van der Waals surface area (Å²) >= 11 is 10.0. The van der Waals surface area contributed by atoms with E-state index >= 15 is 0 Å². The third kappa shape index (κ3) is 2.99. The van der Waals surface area contributed by atoms with Gasteiger partial charge in [0.15, 0.2) is 11.6 Å². The zero-order valence-electron chi connectivity index (χ0n) is 11.5. The topological polar surface area (TPSA) is 9.23 Å². The molecule has 0 radical (unpaired) electrons. The van der Waals surface area contributed by atoms with Crippen molar-refractivity contribution in [1.82, 2.24) is 0 Å². The maximum Gasteiger partial charge on any atom is 0.165 e. The molecule has 106 valence electrons. The molecule has 0 aliphatic heterocycles. The fourth-order valence-electron chi connectivity index (χ4n) is 2.10. The van der Waals surface area contributed by atoms with E-state index in [1.54, 1.807) is 12.1 Å². The average Bonchev–Trinajstić information content (AvgIpc) is 2.42. The van der Waals surface area contributed by atoms with Gasteiger partial charge >= 0.3 is 0 Å². The lowest BCUT2D eigenvalue weighted by Gasteiger charge is -2.16. The first-order valence-electron chi connectivity index (χ1n) is 6.18. The molecule has 0 saturated heterocycles. The molecule has 0 amide bonds. The van der Waals surface area contributed by atoms with Gasteiger partial charge in [0.25, 0.3) is 0 Å². The van der Waals surface area contributed by atoms with E-state index in [0.29, 0.717) is 0 Å². The van der Waals surface area contributed by atoms with Gasteiger partial charge < -0.3 is 4.74 Å². The van der Waals surface area contributed by atoms with Crippen LogP contribution in [0.15, 0.2) is 34.8 Å². The van der Waals surface area contributed by atoms with Crippen molar-refractivity contribution in [2.45, 2.75) is 19.2 Å². The second-order valence-corrected chi connectivity index (χ2v) is 6.01. The summed E-state index contributed by atoms with van der Waals surface area (Å²) in [6, 6.07) is 8.87. The van der Waals surface area contributed by atoms with E-state index in [4.69, 9.17) is 16.3 Å². The summed E-state index contributed by atoms with van der Waals surface area (Å²) in [6.07, 6.45) is 0. The van der Waals surface area contributed by atoms with E-state index < -0.39 is 5.82 Å². The first-order chi connectivity index (χ1) is 9.43. The molecule has 0 saturated carbocycles. The molecule has 2 aromatic rings. The minimum absolute atomic E-state index is 0.223.